The predicted octanol–water partition coefficient (Wildman–Crippen LogP) is 3.23. The third-order valence-corrected chi connectivity index (χ3v) is 4.07. The van der Waals surface area contributed by atoms with E-state index in [1.807, 2.05) is 37.4 Å². The first-order chi connectivity index (χ1) is 10.1. The third-order valence-electron chi connectivity index (χ3n) is 4.07. The highest BCUT2D eigenvalue weighted by atomic mass is 35.5. The second-order valence-electron chi connectivity index (χ2n) is 5.84. The summed E-state index contributed by atoms with van der Waals surface area (Å²) in [7, 11) is 1.83. The number of carbonyl (C=O) groups is 1. The fraction of sp³-hybridized carbons (Fsp3) is 0.278. The minimum atomic E-state index is -0.601. The zero-order chi connectivity index (χ0) is 14.9. The van der Waals surface area contributed by atoms with Crippen LogP contribution in [-0.2, 0) is 11.3 Å². The molecule has 0 heterocycles. The number of hydrogen-bond acceptors (Lipinski definition) is 2. The molecule has 2 N–H and O–H groups in total. The van der Waals surface area contributed by atoms with Gasteiger partial charge in [-0.25, -0.2) is 0 Å². The Morgan fingerprint density at radius 2 is 1.68 bits per heavy atom. The van der Waals surface area contributed by atoms with Crippen molar-refractivity contribution in [3.05, 3.63) is 60.2 Å². The largest absolute Gasteiger partial charge is 0.340 e. The molecule has 0 radical (unpaired) electrons. The maximum atomic E-state index is 12.3. The summed E-state index contributed by atoms with van der Waals surface area (Å²) >= 11 is 0. The Kier molecular flexibility index (Phi) is 4.89. The van der Waals surface area contributed by atoms with Crippen LogP contribution in [0.3, 0.4) is 0 Å². The zero-order valence-corrected chi connectivity index (χ0v) is 13.5. The Morgan fingerprint density at radius 1 is 1.09 bits per heavy atom. The summed E-state index contributed by atoms with van der Waals surface area (Å²) in [5.74, 6) is 0.0466. The van der Waals surface area contributed by atoms with Gasteiger partial charge in [-0.05, 0) is 29.5 Å². The van der Waals surface area contributed by atoms with Crippen LogP contribution < -0.4 is 5.73 Å². The van der Waals surface area contributed by atoms with Crippen molar-refractivity contribution >= 4 is 18.3 Å². The van der Waals surface area contributed by atoms with E-state index in [4.69, 9.17) is 5.73 Å². The number of benzene rings is 2. The summed E-state index contributed by atoms with van der Waals surface area (Å²) in [5.41, 5.74) is 8.88. The smallest absolute Gasteiger partial charge is 0.242 e. The molecule has 2 aromatic rings. The highest BCUT2D eigenvalue weighted by Crippen LogP contribution is 2.34. The van der Waals surface area contributed by atoms with E-state index in [0.717, 1.165) is 18.4 Å². The highest BCUT2D eigenvalue weighted by molar-refractivity contribution is 5.89. The molecule has 0 bridgehead atoms. The third kappa shape index (κ3) is 3.32. The molecule has 1 saturated carbocycles. The molecule has 22 heavy (non-hydrogen) atoms. The van der Waals surface area contributed by atoms with Crippen LogP contribution in [0, 0.1) is 0 Å². The summed E-state index contributed by atoms with van der Waals surface area (Å²) in [4.78, 5) is 14.0. The predicted molar refractivity (Wildman–Crippen MR) is 91.8 cm³/mol. The molecular formula is C18H21ClN2O. The van der Waals surface area contributed by atoms with Gasteiger partial charge in [0, 0.05) is 13.6 Å². The normalized spacial score (nSPS) is 14.8. The first-order valence-corrected chi connectivity index (χ1v) is 7.28. The molecule has 116 valence electrons. The van der Waals surface area contributed by atoms with Crippen molar-refractivity contribution in [2.45, 2.75) is 24.9 Å². The summed E-state index contributed by atoms with van der Waals surface area (Å²) in [5, 5.41) is 0. The van der Waals surface area contributed by atoms with Crippen LogP contribution in [0.1, 0.15) is 18.4 Å². The van der Waals surface area contributed by atoms with Crippen molar-refractivity contribution in [1.82, 2.24) is 4.90 Å². The van der Waals surface area contributed by atoms with E-state index >= 15 is 0 Å². The second kappa shape index (κ2) is 6.51. The molecule has 0 spiro atoms. The topological polar surface area (TPSA) is 46.3 Å². The van der Waals surface area contributed by atoms with Crippen LogP contribution in [0.4, 0.5) is 0 Å². The SMILES string of the molecule is CN(Cc1ccccc1-c1ccccc1)C(=O)C1(N)CC1.Cl. The molecule has 1 aliphatic carbocycles. The number of nitrogens with zero attached hydrogens (tertiary/aromatic N) is 1. The Morgan fingerprint density at radius 3 is 2.32 bits per heavy atom. The van der Waals surface area contributed by atoms with Crippen molar-refractivity contribution in [1.29, 1.82) is 0 Å². The number of hydrogen-bond donors (Lipinski definition) is 1. The van der Waals surface area contributed by atoms with Crippen LogP contribution in [0.25, 0.3) is 11.1 Å². The number of halogens is 1. The van der Waals surface area contributed by atoms with Gasteiger partial charge in [0.15, 0.2) is 0 Å². The lowest BCUT2D eigenvalue weighted by Crippen LogP contribution is -2.43. The minimum absolute atomic E-state index is 0. The molecule has 3 nitrogen and oxygen atoms in total. The Balaban J connectivity index is 0.00000176. The quantitative estimate of drug-likeness (QED) is 0.941. The van der Waals surface area contributed by atoms with Crippen molar-refractivity contribution < 1.29 is 4.79 Å². The van der Waals surface area contributed by atoms with Gasteiger partial charge in [0.05, 0.1) is 5.54 Å². The lowest BCUT2D eigenvalue weighted by molar-refractivity contribution is -0.132. The highest BCUT2D eigenvalue weighted by Gasteiger charge is 2.47. The van der Waals surface area contributed by atoms with Crippen LogP contribution in [-0.4, -0.2) is 23.4 Å². The van der Waals surface area contributed by atoms with Gasteiger partial charge in [0.1, 0.15) is 0 Å². The zero-order valence-electron chi connectivity index (χ0n) is 12.7. The second-order valence-corrected chi connectivity index (χ2v) is 5.84. The Hall–Kier alpha value is -1.84. The standard InChI is InChI=1S/C18H20N2O.ClH/c1-20(17(21)18(19)11-12-18)13-15-9-5-6-10-16(15)14-7-3-2-4-8-14;/h2-10H,11-13,19H2,1H3;1H. The Labute approximate surface area is 137 Å². The number of likely N-dealkylation sites (N-methyl/N-ethyl adjacent to an activating group) is 1. The molecule has 4 heteroatoms. The molecule has 3 rings (SSSR count). The van der Waals surface area contributed by atoms with Gasteiger partial charge in [-0.2, -0.15) is 0 Å². The fourth-order valence-electron chi connectivity index (χ4n) is 2.61. The van der Waals surface area contributed by atoms with E-state index < -0.39 is 5.54 Å². The van der Waals surface area contributed by atoms with Gasteiger partial charge < -0.3 is 10.6 Å². The molecule has 0 aromatic heterocycles. The average molecular weight is 317 g/mol. The monoisotopic (exact) mass is 316 g/mol. The van der Waals surface area contributed by atoms with Crippen molar-refractivity contribution in [2.75, 3.05) is 7.05 Å². The molecule has 1 amide bonds. The summed E-state index contributed by atoms with van der Waals surface area (Å²) in [6, 6.07) is 18.4. The summed E-state index contributed by atoms with van der Waals surface area (Å²) in [6.45, 7) is 0.586. The van der Waals surface area contributed by atoms with E-state index in [1.54, 1.807) is 4.90 Å². The number of rotatable bonds is 4. The molecule has 0 unspecified atom stereocenters. The summed E-state index contributed by atoms with van der Waals surface area (Å²) in [6.07, 6.45) is 1.60. The van der Waals surface area contributed by atoms with Gasteiger partial charge in [0.2, 0.25) is 5.91 Å². The van der Waals surface area contributed by atoms with Gasteiger partial charge in [-0.3, -0.25) is 4.79 Å². The maximum absolute atomic E-state index is 12.3. The van der Waals surface area contributed by atoms with Crippen LogP contribution in [0.2, 0.25) is 0 Å². The average Bonchev–Trinajstić information content (AvgIpc) is 3.27. The van der Waals surface area contributed by atoms with Crippen molar-refractivity contribution in [3.63, 3.8) is 0 Å². The van der Waals surface area contributed by atoms with Crippen LogP contribution in [0.15, 0.2) is 54.6 Å². The van der Waals surface area contributed by atoms with E-state index in [2.05, 4.69) is 24.3 Å². The summed E-state index contributed by atoms with van der Waals surface area (Å²) < 4.78 is 0. The molecule has 2 aromatic carbocycles. The molecule has 0 saturated heterocycles. The van der Waals surface area contributed by atoms with E-state index in [0.29, 0.717) is 6.54 Å². The number of amides is 1. The molecule has 0 aliphatic heterocycles. The van der Waals surface area contributed by atoms with Crippen molar-refractivity contribution in [3.8, 4) is 11.1 Å². The number of nitrogens with two attached hydrogens (primary N) is 1. The lowest BCUT2D eigenvalue weighted by Gasteiger charge is -2.22. The molecular weight excluding hydrogens is 296 g/mol. The fourth-order valence-corrected chi connectivity index (χ4v) is 2.61. The van der Waals surface area contributed by atoms with E-state index in [-0.39, 0.29) is 18.3 Å². The lowest BCUT2D eigenvalue weighted by atomic mass is 9.99. The number of carbonyl (C=O) groups excluding carboxylic acids is 1. The van der Waals surface area contributed by atoms with Crippen LogP contribution in [0.5, 0.6) is 0 Å². The minimum Gasteiger partial charge on any atom is -0.340 e. The van der Waals surface area contributed by atoms with Crippen LogP contribution >= 0.6 is 12.4 Å². The van der Waals surface area contributed by atoms with Gasteiger partial charge in [-0.15, -0.1) is 12.4 Å². The maximum Gasteiger partial charge on any atom is 0.242 e. The first-order valence-electron chi connectivity index (χ1n) is 7.28. The first kappa shape index (κ1) is 16.5. The Bertz CT molecular complexity index is 653. The van der Waals surface area contributed by atoms with E-state index in [1.165, 1.54) is 11.1 Å². The van der Waals surface area contributed by atoms with Crippen molar-refractivity contribution in [2.24, 2.45) is 5.73 Å². The van der Waals surface area contributed by atoms with Gasteiger partial charge in [-0.1, -0.05) is 54.6 Å². The molecule has 0 atom stereocenters. The molecule has 1 fully saturated rings. The van der Waals surface area contributed by atoms with Gasteiger partial charge >= 0.3 is 0 Å². The van der Waals surface area contributed by atoms with Gasteiger partial charge in [0.25, 0.3) is 0 Å². The molecule has 1 aliphatic rings. The van der Waals surface area contributed by atoms with E-state index in [9.17, 15) is 4.79 Å².